The summed E-state index contributed by atoms with van der Waals surface area (Å²) in [6, 6.07) is 1.81. The number of nitroso groups, excluding NO2 is 1. The van der Waals surface area contributed by atoms with Crippen LogP contribution in [0.5, 0.6) is 0 Å². The number of aryl methyl sites for hydroxylation is 1. The third kappa shape index (κ3) is 1.65. The first-order chi connectivity index (χ1) is 6.83. The van der Waals surface area contributed by atoms with E-state index >= 15 is 0 Å². The van der Waals surface area contributed by atoms with Crippen molar-refractivity contribution in [1.29, 1.82) is 0 Å². The molecule has 0 radical (unpaired) electrons. The number of ether oxygens (including phenoxy) is 1. The van der Waals surface area contributed by atoms with Crippen LogP contribution in [0.1, 0.15) is 17.7 Å². The lowest BCUT2D eigenvalue weighted by molar-refractivity contribution is 0.0905. The molecule has 4 heteroatoms. The number of nitrogens with zero attached hydrogens (tertiary/aromatic N) is 2. The minimum Gasteiger partial charge on any atom is -0.381 e. The van der Waals surface area contributed by atoms with Crippen LogP contribution in [0.25, 0.3) is 0 Å². The van der Waals surface area contributed by atoms with Gasteiger partial charge in [0.25, 0.3) is 0 Å². The minimum absolute atomic E-state index is 0.256. The van der Waals surface area contributed by atoms with Gasteiger partial charge in [-0.15, -0.1) is 4.91 Å². The van der Waals surface area contributed by atoms with Crippen LogP contribution in [0.15, 0.2) is 17.4 Å². The zero-order chi connectivity index (χ0) is 9.97. The fourth-order valence-corrected chi connectivity index (χ4v) is 1.82. The molecule has 1 heterocycles. The van der Waals surface area contributed by atoms with Gasteiger partial charge in [-0.05, 0) is 29.6 Å². The number of rotatable bonds is 2. The zero-order valence-corrected chi connectivity index (χ0v) is 8.06. The highest BCUT2D eigenvalue weighted by Crippen LogP contribution is 2.24. The Kier molecular flexibility index (Phi) is 2.54. The fraction of sp³-hybridized carbons (Fsp3) is 0.500. The molecule has 0 saturated carbocycles. The van der Waals surface area contributed by atoms with Gasteiger partial charge in [-0.25, -0.2) is 0 Å². The molecule has 4 nitrogen and oxygen atoms in total. The average molecular weight is 192 g/mol. The third-order valence-electron chi connectivity index (χ3n) is 2.63. The van der Waals surface area contributed by atoms with Crippen molar-refractivity contribution >= 4 is 5.69 Å². The Labute approximate surface area is 82.3 Å². The molecule has 0 N–H and O–H groups in total. The van der Waals surface area contributed by atoms with E-state index < -0.39 is 0 Å². The Balaban J connectivity index is 2.29. The van der Waals surface area contributed by atoms with Gasteiger partial charge in [-0.3, -0.25) is 4.98 Å². The van der Waals surface area contributed by atoms with Crippen molar-refractivity contribution in [2.24, 2.45) is 5.18 Å². The standard InChI is InChI=1S/C10H12N2O2/c1-14-9-2-3-10-7(5-9)4-8(12-13)6-11-10/h4,6,9H,2-3,5H2,1H3. The molecular weight excluding hydrogens is 180 g/mol. The lowest BCUT2D eigenvalue weighted by atomic mass is 9.93. The van der Waals surface area contributed by atoms with Gasteiger partial charge >= 0.3 is 0 Å². The first-order valence-electron chi connectivity index (χ1n) is 4.67. The van der Waals surface area contributed by atoms with Crippen LogP contribution in [0, 0.1) is 4.91 Å². The molecule has 0 spiro atoms. The Morgan fingerprint density at radius 2 is 2.50 bits per heavy atom. The second-order valence-corrected chi connectivity index (χ2v) is 3.49. The van der Waals surface area contributed by atoms with Gasteiger partial charge in [0.2, 0.25) is 0 Å². The van der Waals surface area contributed by atoms with E-state index in [2.05, 4.69) is 10.2 Å². The van der Waals surface area contributed by atoms with E-state index in [1.165, 1.54) is 6.20 Å². The van der Waals surface area contributed by atoms with Gasteiger partial charge in [0.1, 0.15) is 5.69 Å². The number of hydrogen-bond donors (Lipinski definition) is 0. The van der Waals surface area contributed by atoms with Gasteiger partial charge in [0, 0.05) is 19.2 Å². The van der Waals surface area contributed by atoms with Gasteiger partial charge in [-0.1, -0.05) is 0 Å². The Bertz CT molecular complexity index is 352. The average Bonchev–Trinajstić information content (AvgIpc) is 2.27. The first kappa shape index (κ1) is 9.27. The molecule has 14 heavy (non-hydrogen) atoms. The van der Waals surface area contributed by atoms with Gasteiger partial charge in [0.15, 0.2) is 0 Å². The van der Waals surface area contributed by atoms with Crippen molar-refractivity contribution in [2.45, 2.75) is 25.4 Å². The van der Waals surface area contributed by atoms with E-state index in [-0.39, 0.29) is 6.10 Å². The summed E-state index contributed by atoms with van der Waals surface area (Å²) < 4.78 is 5.28. The summed E-state index contributed by atoms with van der Waals surface area (Å²) in [5.41, 5.74) is 2.58. The van der Waals surface area contributed by atoms with E-state index in [0.717, 1.165) is 30.5 Å². The number of hydrogen-bond acceptors (Lipinski definition) is 4. The highest BCUT2D eigenvalue weighted by Gasteiger charge is 2.19. The van der Waals surface area contributed by atoms with E-state index in [0.29, 0.717) is 5.69 Å². The number of methoxy groups -OCH3 is 1. The van der Waals surface area contributed by atoms with Crippen molar-refractivity contribution in [3.8, 4) is 0 Å². The molecule has 1 aromatic rings. The van der Waals surface area contributed by atoms with Crippen molar-refractivity contribution in [3.63, 3.8) is 0 Å². The minimum atomic E-state index is 0.256. The SMILES string of the molecule is COC1CCc2ncc(N=O)cc2C1. The molecule has 0 saturated heterocycles. The Hall–Kier alpha value is -1.29. The lowest BCUT2D eigenvalue weighted by Crippen LogP contribution is -2.21. The van der Waals surface area contributed by atoms with E-state index in [9.17, 15) is 4.91 Å². The fourth-order valence-electron chi connectivity index (χ4n) is 1.82. The predicted octanol–water partition coefficient (Wildman–Crippen LogP) is 1.98. The molecule has 1 aliphatic rings. The smallest absolute Gasteiger partial charge is 0.126 e. The zero-order valence-electron chi connectivity index (χ0n) is 8.06. The van der Waals surface area contributed by atoms with Gasteiger partial charge < -0.3 is 4.74 Å². The molecule has 1 atom stereocenters. The van der Waals surface area contributed by atoms with Gasteiger partial charge in [0.05, 0.1) is 12.3 Å². The third-order valence-corrected chi connectivity index (χ3v) is 2.63. The molecule has 0 aliphatic heterocycles. The largest absolute Gasteiger partial charge is 0.381 e. The van der Waals surface area contributed by atoms with Crippen molar-refractivity contribution in [2.75, 3.05) is 7.11 Å². The summed E-state index contributed by atoms with van der Waals surface area (Å²) in [6.07, 6.45) is 4.55. The van der Waals surface area contributed by atoms with Crippen LogP contribution in [0.3, 0.4) is 0 Å². The Morgan fingerprint density at radius 1 is 1.64 bits per heavy atom. The van der Waals surface area contributed by atoms with Crippen molar-refractivity contribution < 1.29 is 4.74 Å². The lowest BCUT2D eigenvalue weighted by Gasteiger charge is -2.22. The summed E-state index contributed by atoms with van der Waals surface area (Å²) >= 11 is 0. The maximum atomic E-state index is 10.3. The molecule has 74 valence electrons. The molecule has 2 rings (SSSR count). The topological polar surface area (TPSA) is 51.6 Å². The van der Waals surface area contributed by atoms with Crippen LogP contribution in [-0.2, 0) is 17.6 Å². The van der Waals surface area contributed by atoms with E-state index in [1.807, 2.05) is 0 Å². The monoisotopic (exact) mass is 192 g/mol. The molecule has 1 aromatic heterocycles. The summed E-state index contributed by atoms with van der Waals surface area (Å²) in [5, 5.41) is 2.88. The highest BCUT2D eigenvalue weighted by molar-refractivity contribution is 5.40. The Morgan fingerprint density at radius 3 is 3.21 bits per heavy atom. The molecule has 1 aliphatic carbocycles. The molecule has 1 unspecified atom stereocenters. The number of pyridine rings is 1. The van der Waals surface area contributed by atoms with Crippen LogP contribution >= 0.6 is 0 Å². The van der Waals surface area contributed by atoms with Crippen LogP contribution in [-0.4, -0.2) is 18.2 Å². The summed E-state index contributed by atoms with van der Waals surface area (Å²) in [5.74, 6) is 0. The maximum Gasteiger partial charge on any atom is 0.126 e. The highest BCUT2D eigenvalue weighted by atomic mass is 16.5. The molecule has 0 amide bonds. The second kappa shape index (κ2) is 3.84. The predicted molar refractivity (Wildman–Crippen MR) is 52.5 cm³/mol. The van der Waals surface area contributed by atoms with Crippen LogP contribution < -0.4 is 0 Å². The van der Waals surface area contributed by atoms with Crippen molar-refractivity contribution in [3.05, 3.63) is 28.4 Å². The molecule has 0 bridgehead atoms. The molecule has 0 fully saturated rings. The van der Waals surface area contributed by atoms with Crippen LogP contribution in [0.2, 0.25) is 0 Å². The quantitative estimate of drug-likeness (QED) is 0.673. The maximum absolute atomic E-state index is 10.3. The van der Waals surface area contributed by atoms with Gasteiger partial charge in [-0.2, -0.15) is 0 Å². The van der Waals surface area contributed by atoms with E-state index in [4.69, 9.17) is 4.74 Å². The molecule has 0 aromatic carbocycles. The summed E-state index contributed by atoms with van der Waals surface area (Å²) in [4.78, 5) is 14.5. The second-order valence-electron chi connectivity index (χ2n) is 3.49. The summed E-state index contributed by atoms with van der Waals surface area (Å²) in [6.45, 7) is 0. The number of fused-ring (bicyclic) bond motifs is 1. The van der Waals surface area contributed by atoms with Crippen molar-refractivity contribution in [1.82, 2.24) is 4.98 Å². The number of aromatic nitrogens is 1. The summed E-state index contributed by atoms with van der Waals surface area (Å²) in [7, 11) is 1.71. The van der Waals surface area contributed by atoms with E-state index in [1.54, 1.807) is 13.2 Å². The first-order valence-corrected chi connectivity index (χ1v) is 4.67. The van der Waals surface area contributed by atoms with Crippen LogP contribution in [0.4, 0.5) is 5.69 Å². The molecular formula is C10H12N2O2. The normalized spacial score (nSPS) is 20.2.